The van der Waals surface area contributed by atoms with Crippen LogP contribution < -0.4 is 5.32 Å². The quantitative estimate of drug-likeness (QED) is 0.658. The molecule has 18 heavy (non-hydrogen) atoms. The minimum absolute atomic E-state index is 1.13. The summed E-state index contributed by atoms with van der Waals surface area (Å²) in [5, 5.41) is 4.39. The highest BCUT2D eigenvalue weighted by atomic mass is 125. The molecule has 3 heteroatoms. The Morgan fingerprint density at radius 1 is 1.00 bits per heavy atom. The number of hydrogen-bond acceptors (Lipinski definition) is 1. The Hall–Kier alpha value is -1.49. The summed E-state index contributed by atoms with van der Waals surface area (Å²) in [6.07, 6.45) is 0. The summed E-state index contributed by atoms with van der Waals surface area (Å²) in [4.78, 5) is 3.45. The van der Waals surface area contributed by atoms with Gasteiger partial charge in [-0.15, -0.1) is 0 Å². The van der Waals surface area contributed by atoms with Gasteiger partial charge in [-0.25, -0.2) is 0 Å². The summed E-state index contributed by atoms with van der Waals surface area (Å²) >= 11 is 2.34. The van der Waals surface area contributed by atoms with Gasteiger partial charge in [0.15, 0.2) is 0 Å². The Kier molecular flexibility index (Phi) is 2.99. The van der Waals surface area contributed by atoms with Crippen LogP contribution in [-0.4, -0.2) is 12.0 Å². The molecule has 3 aromatic rings. The van der Waals surface area contributed by atoms with Crippen molar-refractivity contribution in [2.24, 2.45) is 0 Å². The van der Waals surface area contributed by atoms with E-state index in [0.717, 1.165) is 11.4 Å². The molecule has 2 aromatic carbocycles. The fourth-order valence-electron chi connectivity index (χ4n) is 2.08. The van der Waals surface area contributed by atoms with E-state index >= 15 is 0 Å². The molecule has 0 aliphatic carbocycles. The van der Waals surface area contributed by atoms with Crippen LogP contribution in [0, 0.1) is 3.57 Å². The van der Waals surface area contributed by atoms with Crippen molar-refractivity contribution in [1.29, 1.82) is 0 Å². The lowest BCUT2D eigenvalue weighted by atomic mass is 10.1. The van der Waals surface area contributed by atoms with Crippen LogP contribution in [0.3, 0.4) is 0 Å². The minimum Gasteiger partial charge on any atom is -0.388 e. The molecule has 0 atom stereocenters. The van der Waals surface area contributed by atoms with Crippen LogP contribution in [0.4, 0.5) is 5.69 Å². The first-order valence-electron chi connectivity index (χ1n) is 5.83. The second-order valence-electron chi connectivity index (χ2n) is 4.24. The molecule has 3 rings (SSSR count). The molecular weight excluding hydrogens is 333 g/mol. The molecular formula is C15H13IN2. The van der Waals surface area contributed by atoms with E-state index in [2.05, 4.69) is 81.4 Å². The zero-order valence-electron chi connectivity index (χ0n) is 10.00. The van der Waals surface area contributed by atoms with Crippen LogP contribution in [-0.2, 0) is 0 Å². The number of fused-ring (bicyclic) bond motifs is 1. The highest BCUT2D eigenvalue weighted by Crippen LogP contribution is 2.26. The molecule has 0 bridgehead atoms. The second-order valence-corrected chi connectivity index (χ2v) is 5.49. The Balaban J connectivity index is 2.07. The number of aromatic amines is 1. The molecule has 90 valence electrons. The third-order valence-corrected chi connectivity index (χ3v) is 3.74. The minimum atomic E-state index is 1.13. The molecule has 0 fully saturated rings. The lowest BCUT2D eigenvalue weighted by Gasteiger charge is -2.01. The van der Waals surface area contributed by atoms with Gasteiger partial charge in [0, 0.05) is 32.9 Å². The van der Waals surface area contributed by atoms with Gasteiger partial charge < -0.3 is 10.3 Å². The second kappa shape index (κ2) is 4.65. The van der Waals surface area contributed by atoms with E-state index in [-0.39, 0.29) is 0 Å². The Morgan fingerprint density at radius 2 is 1.78 bits per heavy atom. The fourth-order valence-corrected chi connectivity index (χ4v) is 2.59. The topological polar surface area (TPSA) is 27.8 Å². The zero-order valence-corrected chi connectivity index (χ0v) is 12.2. The van der Waals surface area contributed by atoms with Gasteiger partial charge in [0.05, 0.1) is 0 Å². The smallest absolute Gasteiger partial charge is 0.0464 e. The van der Waals surface area contributed by atoms with Crippen LogP contribution in [0.5, 0.6) is 0 Å². The molecule has 1 heterocycles. The van der Waals surface area contributed by atoms with Gasteiger partial charge in [-0.05, 0) is 64.6 Å². The van der Waals surface area contributed by atoms with Gasteiger partial charge in [-0.2, -0.15) is 0 Å². The number of hydrogen-bond donors (Lipinski definition) is 2. The van der Waals surface area contributed by atoms with Crippen molar-refractivity contribution in [2.75, 3.05) is 12.4 Å². The van der Waals surface area contributed by atoms with Gasteiger partial charge in [-0.1, -0.05) is 12.1 Å². The van der Waals surface area contributed by atoms with Crippen molar-refractivity contribution in [3.05, 3.63) is 52.1 Å². The summed E-state index contributed by atoms with van der Waals surface area (Å²) in [5.41, 5.74) is 4.68. The lowest BCUT2D eigenvalue weighted by molar-refractivity contribution is 1.44. The van der Waals surface area contributed by atoms with Crippen LogP contribution in [0.2, 0.25) is 0 Å². The lowest BCUT2D eigenvalue weighted by Crippen LogP contribution is -1.86. The van der Waals surface area contributed by atoms with Gasteiger partial charge in [-0.3, -0.25) is 0 Å². The van der Waals surface area contributed by atoms with Gasteiger partial charge >= 0.3 is 0 Å². The first-order chi connectivity index (χ1) is 8.76. The van der Waals surface area contributed by atoms with Gasteiger partial charge in [0.1, 0.15) is 0 Å². The van der Waals surface area contributed by atoms with Crippen molar-refractivity contribution in [2.45, 2.75) is 0 Å². The highest BCUT2D eigenvalue weighted by Gasteiger charge is 2.03. The predicted molar refractivity (Wildman–Crippen MR) is 86.0 cm³/mol. The molecule has 1 aromatic heterocycles. The van der Waals surface area contributed by atoms with E-state index in [1.807, 2.05) is 7.05 Å². The summed E-state index contributed by atoms with van der Waals surface area (Å²) in [6, 6.07) is 17.1. The van der Waals surface area contributed by atoms with E-state index < -0.39 is 0 Å². The van der Waals surface area contributed by atoms with Gasteiger partial charge in [0.2, 0.25) is 0 Å². The number of aromatic nitrogens is 1. The summed E-state index contributed by atoms with van der Waals surface area (Å²) < 4.78 is 1.26. The number of anilines is 1. The Morgan fingerprint density at radius 3 is 2.50 bits per heavy atom. The molecule has 0 amide bonds. The number of nitrogens with one attached hydrogen (secondary N) is 2. The van der Waals surface area contributed by atoms with E-state index in [0.29, 0.717) is 0 Å². The third kappa shape index (κ3) is 2.10. The van der Waals surface area contributed by atoms with Crippen molar-refractivity contribution in [3.63, 3.8) is 0 Å². The Bertz CT molecular complexity index is 683. The van der Waals surface area contributed by atoms with Crippen molar-refractivity contribution in [3.8, 4) is 11.3 Å². The first-order valence-corrected chi connectivity index (χ1v) is 6.90. The number of halogens is 1. The molecule has 0 aliphatic heterocycles. The molecule has 0 saturated carbocycles. The summed E-state index contributed by atoms with van der Waals surface area (Å²) in [5.74, 6) is 0. The predicted octanol–water partition coefficient (Wildman–Crippen LogP) is 4.48. The van der Waals surface area contributed by atoms with Crippen LogP contribution >= 0.6 is 22.6 Å². The SMILES string of the molecule is CNc1ccc(-c2cc3cc([125I])ccc3[nH]2)cc1. The van der Waals surface area contributed by atoms with Crippen molar-refractivity contribution in [1.82, 2.24) is 4.98 Å². The average molecular weight is 346 g/mol. The van der Waals surface area contributed by atoms with E-state index in [1.165, 1.54) is 20.0 Å². The van der Waals surface area contributed by atoms with E-state index in [4.69, 9.17) is 0 Å². The maximum atomic E-state index is 3.45. The maximum absolute atomic E-state index is 3.45. The normalized spacial score (nSPS) is 10.8. The summed E-state index contributed by atoms with van der Waals surface area (Å²) in [7, 11) is 1.93. The number of H-pyrrole nitrogens is 1. The van der Waals surface area contributed by atoms with Gasteiger partial charge in [0.25, 0.3) is 0 Å². The van der Waals surface area contributed by atoms with E-state index in [9.17, 15) is 0 Å². The van der Waals surface area contributed by atoms with Crippen LogP contribution in [0.15, 0.2) is 48.5 Å². The monoisotopic (exact) mass is 346 g/mol. The molecule has 0 unspecified atom stereocenters. The fraction of sp³-hybridized carbons (Fsp3) is 0.0667. The Labute approximate surface area is 120 Å². The molecule has 0 spiro atoms. The molecule has 0 radical (unpaired) electrons. The summed E-state index contributed by atoms with van der Waals surface area (Å²) in [6.45, 7) is 0. The molecule has 0 aliphatic rings. The molecule has 2 nitrogen and oxygen atoms in total. The maximum Gasteiger partial charge on any atom is 0.0464 e. The standard InChI is InChI=1S/C15H13IN2/c1-17-13-5-2-10(3-6-13)15-9-11-8-12(16)4-7-14(11)18-15/h2-9,17-18H,1H3/i16-2. The van der Waals surface area contributed by atoms with Crippen LogP contribution in [0.1, 0.15) is 0 Å². The number of benzene rings is 2. The molecule has 0 saturated heterocycles. The highest BCUT2D eigenvalue weighted by molar-refractivity contribution is 14.1. The van der Waals surface area contributed by atoms with E-state index in [1.54, 1.807) is 0 Å². The largest absolute Gasteiger partial charge is 0.388 e. The van der Waals surface area contributed by atoms with Crippen LogP contribution in [0.25, 0.3) is 22.2 Å². The first kappa shape index (κ1) is 11.6. The average Bonchev–Trinajstić information content (AvgIpc) is 2.81. The van der Waals surface area contributed by atoms with Crippen molar-refractivity contribution < 1.29 is 0 Å². The zero-order chi connectivity index (χ0) is 12.5. The third-order valence-electron chi connectivity index (χ3n) is 3.07. The number of rotatable bonds is 2. The molecule has 2 N–H and O–H groups in total. The van der Waals surface area contributed by atoms with Crippen molar-refractivity contribution >= 4 is 39.2 Å².